The van der Waals surface area contributed by atoms with E-state index < -0.39 is 0 Å². The minimum Gasteiger partial charge on any atom is -0.361 e. The van der Waals surface area contributed by atoms with Gasteiger partial charge in [0, 0.05) is 19.3 Å². The van der Waals surface area contributed by atoms with Crippen molar-refractivity contribution in [1.29, 1.82) is 0 Å². The van der Waals surface area contributed by atoms with Crippen LogP contribution in [0.25, 0.3) is 10.8 Å². The first-order valence-corrected chi connectivity index (χ1v) is 8.69. The van der Waals surface area contributed by atoms with Crippen LogP contribution in [0.3, 0.4) is 0 Å². The number of hydrogen-bond acceptors (Lipinski definition) is 2. The van der Waals surface area contributed by atoms with E-state index in [1.807, 2.05) is 13.1 Å². The predicted molar refractivity (Wildman–Crippen MR) is 102 cm³/mol. The molecule has 0 atom stereocenters. The lowest BCUT2D eigenvalue weighted by Gasteiger charge is -2.09. The van der Waals surface area contributed by atoms with Crippen molar-refractivity contribution in [3.63, 3.8) is 0 Å². The van der Waals surface area contributed by atoms with Crippen molar-refractivity contribution < 1.29 is 0 Å². The van der Waals surface area contributed by atoms with Crippen LogP contribution >= 0.6 is 11.8 Å². The summed E-state index contributed by atoms with van der Waals surface area (Å²) in [6.45, 7) is 0.804. The van der Waals surface area contributed by atoms with Crippen molar-refractivity contribution >= 4 is 27.7 Å². The molecule has 0 radical (unpaired) electrons. The Morgan fingerprint density at radius 3 is 2.39 bits per heavy atom. The minimum absolute atomic E-state index is 0.804. The van der Waals surface area contributed by atoms with Crippen LogP contribution in [0.4, 0.5) is 0 Å². The second-order valence-corrected chi connectivity index (χ2v) is 6.30. The van der Waals surface area contributed by atoms with Gasteiger partial charge in [0.1, 0.15) is 0 Å². The van der Waals surface area contributed by atoms with E-state index in [0.717, 1.165) is 17.5 Å². The maximum absolute atomic E-state index is 4.35. The van der Waals surface area contributed by atoms with Gasteiger partial charge >= 0.3 is 0 Å². The Hall–Kier alpha value is -2.26. The molecule has 0 spiro atoms. The molecule has 0 aliphatic rings. The van der Waals surface area contributed by atoms with Gasteiger partial charge in [-0.1, -0.05) is 84.6 Å². The molecule has 23 heavy (non-hydrogen) atoms. The van der Waals surface area contributed by atoms with Crippen molar-refractivity contribution in [1.82, 2.24) is 5.32 Å². The number of thioether (sulfide) groups is 1. The molecule has 0 saturated carbocycles. The van der Waals surface area contributed by atoms with E-state index in [2.05, 4.69) is 77.0 Å². The molecule has 0 aromatic heterocycles. The van der Waals surface area contributed by atoms with Gasteiger partial charge in [-0.2, -0.15) is 0 Å². The van der Waals surface area contributed by atoms with Crippen molar-refractivity contribution in [3.05, 3.63) is 83.9 Å². The maximum Gasteiger partial charge on any atom is 0.156 e. The number of benzene rings is 3. The molecule has 0 saturated heterocycles. The molecule has 3 aromatic carbocycles. The Kier molecular flexibility index (Phi) is 5.33. The zero-order valence-corrected chi connectivity index (χ0v) is 14.0. The summed E-state index contributed by atoms with van der Waals surface area (Å²) in [6.07, 6.45) is 0. The van der Waals surface area contributed by atoms with Gasteiger partial charge in [0.25, 0.3) is 0 Å². The molecule has 0 fully saturated rings. The van der Waals surface area contributed by atoms with Crippen LogP contribution in [-0.4, -0.2) is 12.2 Å². The van der Waals surface area contributed by atoms with Gasteiger partial charge < -0.3 is 5.32 Å². The largest absolute Gasteiger partial charge is 0.361 e. The molecule has 0 heterocycles. The quantitative estimate of drug-likeness (QED) is 0.549. The molecule has 3 aromatic rings. The lowest BCUT2D eigenvalue weighted by Crippen LogP contribution is -2.19. The van der Waals surface area contributed by atoms with Crippen molar-refractivity contribution in [3.8, 4) is 0 Å². The third-order valence-electron chi connectivity index (χ3n) is 3.68. The van der Waals surface area contributed by atoms with Crippen LogP contribution in [0.15, 0.2) is 77.8 Å². The van der Waals surface area contributed by atoms with E-state index in [9.17, 15) is 0 Å². The van der Waals surface area contributed by atoms with E-state index in [4.69, 9.17) is 0 Å². The Labute approximate surface area is 141 Å². The van der Waals surface area contributed by atoms with Crippen LogP contribution in [-0.2, 0) is 12.3 Å². The maximum atomic E-state index is 4.35. The fourth-order valence-electron chi connectivity index (χ4n) is 2.45. The second-order valence-electron chi connectivity index (χ2n) is 5.34. The van der Waals surface area contributed by atoms with Crippen LogP contribution in [0.1, 0.15) is 11.1 Å². The van der Waals surface area contributed by atoms with Crippen LogP contribution < -0.4 is 5.32 Å². The monoisotopic (exact) mass is 320 g/mol. The molecule has 116 valence electrons. The van der Waals surface area contributed by atoms with Crippen LogP contribution in [0.5, 0.6) is 0 Å². The lowest BCUT2D eigenvalue weighted by atomic mass is 10.1. The SMILES string of the molecule is C/N=C(/NCc1ccccc1)SCc1ccc2ccccc2c1. The van der Waals surface area contributed by atoms with E-state index in [0.29, 0.717) is 0 Å². The van der Waals surface area contributed by atoms with Gasteiger partial charge in [0.05, 0.1) is 0 Å². The Balaban J connectivity index is 1.58. The third kappa shape index (κ3) is 4.36. The van der Waals surface area contributed by atoms with Crippen LogP contribution in [0, 0.1) is 0 Å². The molecule has 3 heteroatoms. The summed E-state index contributed by atoms with van der Waals surface area (Å²) in [7, 11) is 1.83. The topological polar surface area (TPSA) is 24.4 Å². The molecule has 0 bridgehead atoms. The second kappa shape index (κ2) is 7.84. The fraction of sp³-hybridized carbons (Fsp3) is 0.150. The zero-order valence-electron chi connectivity index (χ0n) is 13.2. The van der Waals surface area contributed by atoms with Gasteiger partial charge in [-0.15, -0.1) is 0 Å². The summed E-state index contributed by atoms with van der Waals surface area (Å²) in [5.41, 5.74) is 2.58. The number of aliphatic imine (C=N–C) groups is 1. The summed E-state index contributed by atoms with van der Waals surface area (Å²) in [5.74, 6) is 0.916. The normalized spacial score (nSPS) is 11.6. The summed E-state index contributed by atoms with van der Waals surface area (Å²) in [4.78, 5) is 4.35. The van der Waals surface area contributed by atoms with Crippen molar-refractivity contribution in [2.24, 2.45) is 4.99 Å². The molecule has 0 aliphatic carbocycles. The molecule has 0 amide bonds. The smallest absolute Gasteiger partial charge is 0.156 e. The number of amidine groups is 1. The highest BCUT2D eigenvalue weighted by molar-refractivity contribution is 8.13. The summed E-state index contributed by atoms with van der Waals surface area (Å²) < 4.78 is 0. The first-order valence-electron chi connectivity index (χ1n) is 7.70. The Morgan fingerprint density at radius 1 is 0.870 bits per heavy atom. The average molecular weight is 320 g/mol. The molecule has 1 N–H and O–H groups in total. The summed E-state index contributed by atoms with van der Waals surface area (Å²) >= 11 is 1.74. The summed E-state index contributed by atoms with van der Waals surface area (Å²) in [6, 6.07) is 25.5. The van der Waals surface area contributed by atoms with E-state index in [-0.39, 0.29) is 0 Å². The first kappa shape index (κ1) is 15.6. The molecule has 0 aliphatic heterocycles. The standard InChI is InChI=1S/C20H20N2S/c1-21-20(22-14-16-7-3-2-4-8-16)23-15-17-11-12-18-9-5-6-10-19(18)13-17/h2-13H,14-15H2,1H3,(H,21,22). The number of hydrogen-bond donors (Lipinski definition) is 1. The number of nitrogens with one attached hydrogen (secondary N) is 1. The van der Waals surface area contributed by atoms with Crippen molar-refractivity contribution in [2.45, 2.75) is 12.3 Å². The Morgan fingerprint density at radius 2 is 1.61 bits per heavy atom. The first-order chi connectivity index (χ1) is 11.3. The lowest BCUT2D eigenvalue weighted by molar-refractivity contribution is 0.925. The van der Waals surface area contributed by atoms with Gasteiger partial charge in [0.2, 0.25) is 0 Å². The number of fused-ring (bicyclic) bond motifs is 1. The molecule has 3 rings (SSSR count). The van der Waals surface area contributed by atoms with Crippen molar-refractivity contribution in [2.75, 3.05) is 7.05 Å². The molecular formula is C20H20N2S. The van der Waals surface area contributed by atoms with E-state index in [1.165, 1.54) is 21.9 Å². The Bertz CT molecular complexity index is 797. The highest BCUT2D eigenvalue weighted by Gasteiger charge is 2.02. The van der Waals surface area contributed by atoms with Gasteiger partial charge in [-0.25, -0.2) is 0 Å². The number of nitrogens with zero attached hydrogens (tertiary/aromatic N) is 1. The molecular weight excluding hydrogens is 300 g/mol. The minimum atomic E-state index is 0.804. The summed E-state index contributed by atoms with van der Waals surface area (Å²) in [5, 5.41) is 6.95. The van der Waals surface area contributed by atoms with E-state index in [1.54, 1.807) is 11.8 Å². The van der Waals surface area contributed by atoms with Gasteiger partial charge in [-0.05, 0) is 21.9 Å². The van der Waals surface area contributed by atoms with Gasteiger partial charge in [0.15, 0.2) is 5.17 Å². The van der Waals surface area contributed by atoms with Crippen LogP contribution in [0.2, 0.25) is 0 Å². The predicted octanol–water partition coefficient (Wildman–Crippen LogP) is 4.85. The van der Waals surface area contributed by atoms with Gasteiger partial charge in [-0.3, -0.25) is 4.99 Å². The number of rotatable bonds is 4. The molecule has 0 unspecified atom stereocenters. The molecule has 2 nitrogen and oxygen atoms in total. The highest BCUT2D eigenvalue weighted by Crippen LogP contribution is 2.19. The van der Waals surface area contributed by atoms with E-state index >= 15 is 0 Å². The average Bonchev–Trinajstić information content (AvgIpc) is 2.62. The highest BCUT2D eigenvalue weighted by atomic mass is 32.2. The zero-order chi connectivity index (χ0) is 15.9. The third-order valence-corrected chi connectivity index (χ3v) is 4.76. The fourth-order valence-corrected chi connectivity index (χ4v) is 3.23.